The van der Waals surface area contributed by atoms with E-state index in [4.69, 9.17) is 23.2 Å². The van der Waals surface area contributed by atoms with Gasteiger partial charge in [0, 0.05) is 20.7 Å². The molecule has 0 aliphatic rings. The predicted molar refractivity (Wildman–Crippen MR) is 57.9 cm³/mol. The Bertz CT molecular complexity index is 329. The molecular formula is C9H8Cl2OS. The molecule has 0 heterocycles. The summed E-state index contributed by atoms with van der Waals surface area (Å²) in [5.41, 5.74) is 0. The van der Waals surface area contributed by atoms with Crippen LogP contribution in [0.25, 0.3) is 0 Å². The first-order valence-corrected chi connectivity index (χ1v) is 5.66. The van der Waals surface area contributed by atoms with Crippen LogP contribution in [-0.4, -0.2) is 9.96 Å². The molecule has 1 aromatic rings. The maximum absolute atomic E-state index is 11.5. The van der Waals surface area contributed by atoms with Gasteiger partial charge in [-0.1, -0.05) is 29.3 Å². The van der Waals surface area contributed by atoms with E-state index in [1.807, 2.05) is 0 Å². The second-order valence-corrected chi connectivity index (χ2v) is 4.77. The highest BCUT2D eigenvalue weighted by molar-refractivity contribution is 7.85. The van der Waals surface area contributed by atoms with Crippen molar-refractivity contribution in [3.8, 4) is 0 Å². The molecule has 70 valence electrons. The van der Waals surface area contributed by atoms with Crippen molar-refractivity contribution in [1.82, 2.24) is 0 Å². The second-order valence-electron chi connectivity index (χ2n) is 2.41. The van der Waals surface area contributed by atoms with E-state index in [9.17, 15) is 4.21 Å². The van der Waals surface area contributed by atoms with Gasteiger partial charge in [-0.25, -0.2) is 0 Å². The van der Waals surface area contributed by atoms with Crippen LogP contribution in [0.5, 0.6) is 0 Å². The van der Waals surface area contributed by atoms with Crippen LogP contribution >= 0.6 is 23.2 Å². The maximum atomic E-state index is 11.5. The van der Waals surface area contributed by atoms with Gasteiger partial charge >= 0.3 is 0 Å². The standard InChI is InChI=1S/C9H8Cl2OS/c1-2-3-13(12)9-5-7(10)4-8(11)6-9/h2,4-6H,1,3H2. The zero-order chi connectivity index (χ0) is 9.84. The van der Waals surface area contributed by atoms with Crippen LogP contribution in [0.4, 0.5) is 0 Å². The monoisotopic (exact) mass is 234 g/mol. The highest BCUT2D eigenvalue weighted by Crippen LogP contribution is 2.21. The molecule has 0 fully saturated rings. The SMILES string of the molecule is C=CCS(=O)c1cc(Cl)cc(Cl)c1. The van der Waals surface area contributed by atoms with Gasteiger partial charge in [0.05, 0.1) is 10.8 Å². The molecule has 0 aromatic heterocycles. The Hall–Kier alpha value is -0.310. The smallest absolute Gasteiger partial charge is 0.0568 e. The second kappa shape index (κ2) is 4.80. The molecule has 1 nitrogen and oxygen atoms in total. The van der Waals surface area contributed by atoms with Gasteiger partial charge in [0.25, 0.3) is 0 Å². The summed E-state index contributed by atoms with van der Waals surface area (Å²) in [6.45, 7) is 3.51. The zero-order valence-corrected chi connectivity index (χ0v) is 9.12. The van der Waals surface area contributed by atoms with Gasteiger partial charge in [-0.15, -0.1) is 6.58 Å². The van der Waals surface area contributed by atoms with E-state index >= 15 is 0 Å². The normalized spacial score (nSPS) is 12.5. The average Bonchev–Trinajstić information content (AvgIpc) is 2.03. The lowest BCUT2D eigenvalue weighted by Crippen LogP contribution is -1.94. The molecule has 0 radical (unpaired) electrons. The summed E-state index contributed by atoms with van der Waals surface area (Å²) < 4.78 is 11.5. The highest BCUT2D eigenvalue weighted by atomic mass is 35.5. The topological polar surface area (TPSA) is 17.1 Å². The lowest BCUT2D eigenvalue weighted by atomic mass is 10.4. The quantitative estimate of drug-likeness (QED) is 0.734. The molecule has 4 heteroatoms. The molecule has 0 bridgehead atoms. The highest BCUT2D eigenvalue weighted by Gasteiger charge is 2.03. The molecule has 0 saturated heterocycles. The van der Waals surface area contributed by atoms with Crippen molar-refractivity contribution in [2.45, 2.75) is 4.90 Å². The Morgan fingerprint density at radius 3 is 2.31 bits per heavy atom. The van der Waals surface area contributed by atoms with E-state index in [-0.39, 0.29) is 0 Å². The third kappa shape index (κ3) is 3.14. The van der Waals surface area contributed by atoms with E-state index in [1.165, 1.54) is 0 Å². The summed E-state index contributed by atoms with van der Waals surface area (Å²) in [5, 5.41) is 1.000. The number of rotatable bonds is 3. The summed E-state index contributed by atoms with van der Waals surface area (Å²) in [6, 6.07) is 4.90. The fraction of sp³-hybridized carbons (Fsp3) is 0.111. The minimum absolute atomic E-state index is 0.413. The summed E-state index contributed by atoms with van der Waals surface area (Å²) in [7, 11) is -1.09. The molecule has 1 rings (SSSR count). The summed E-state index contributed by atoms with van der Waals surface area (Å²) in [6.07, 6.45) is 1.60. The number of hydrogen-bond donors (Lipinski definition) is 0. The van der Waals surface area contributed by atoms with Crippen molar-refractivity contribution in [3.05, 3.63) is 40.9 Å². The van der Waals surface area contributed by atoms with Crippen molar-refractivity contribution >= 4 is 34.0 Å². The molecule has 1 atom stereocenters. The van der Waals surface area contributed by atoms with Gasteiger partial charge in [0.15, 0.2) is 0 Å². The van der Waals surface area contributed by atoms with Gasteiger partial charge < -0.3 is 0 Å². The molecule has 0 N–H and O–H groups in total. The first-order chi connectivity index (χ1) is 6.13. The van der Waals surface area contributed by atoms with E-state index in [2.05, 4.69) is 6.58 Å². The van der Waals surface area contributed by atoms with Crippen LogP contribution in [0.2, 0.25) is 10.0 Å². The van der Waals surface area contributed by atoms with Crippen molar-refractivity contribution in [2.24, 2.45) is 0 Å². The van der Waals surface area contributed by atoms with E-state index in [0.717, 1.165) is 0 Å². The van der Waals surface area contributed by atoms with Crippen LogP contribution < -0.4 is 0 Å². The van der Waals surface area contributed by atoms with Gasteiger partial charge in [-0.05, 0) is 18.2 Å². The molecular weight excluding hydrogens is 227 g/mol. The van der Waals surface area contributed by atoms with Crippen LogP contribution in [0.3, 0.4) is 0 Å². The van der Waals surface area contributed by atoms with Crippen LogP contribution in [0, 0.1) is 0 Å². The number of halogens is 2. The largest absolute Gasteiger partial charge is 0.254 e. The van der Waals surface area contributed by atoms with Crippen LogP contribution in [0.1, 0.15) is 0 Å². The van der Waals surface area contributed by atoms with Crippen molar-refractivity contribution in [3.63, 3.8) is 0 Å². The van der Waals surface area contributed by atoms with Crippen molar-refractivity contribution < 1.29 is 4.21 Å². The van der Waals surface area contributed by atoms with E-state index in [0.29, 0.717) is 20.7 Å². The number of hydrogen-bond acceptors (Lipinski definition) is 1. The molecule has 0 aliphatic carbocycles. The Labute approximate surface area is 89.8 Å². The molecule has 1 unspecified atom stereocenters. The zero-order valence-electron chi connectivity index (χ0n) is 6.80. The number of benzene rings is 1. The van der Waals surface area contributed by atoms with Crippen molar-refractivity contribution in [1.29, 1.82) is 0 Å². The first-order valence-electron chi connectivity index (χ1n) is 3.59. The lowest BCUT2D eigenvalue weighted by Gasteiger charge is -2.00. The molecule has 0 aliphatic heterocycles. The minimum atomic E-state index is -1.09. The molecule has 1 aromatic carbocycles. The molecule has 0 saturated carbocycles. The fourth-order valence-corrected chi connectivity index (χ4v) is 2.44. The van der Waals surface area contributed by atoms with Gasteiger partial charge in [-0.3, -0.25) is 4.21 Å². The Balaban J connectivity index is 3.00. The van der Waals surface area contributed by atoms with E-state index < -0.39 is 10.8 Å². The Kier molecular flexibility index (Phi) is 3.97. The minimum Gasteiger partial charge on any atom is -0.254 e. The van der Waals surface area contributed by atoms with E-state index in [1.54, 1.807) is 24.3 Å². The van der Waals surface area contributed by atoms with Crippen molar-refractivity contribution in [2.75, 3.05) is 5.75 Å². The molecule has 0 spiro atoms. The third-order valence-electron chi connectivity index (χ3n) is 1.37. The third-order valence-corrected chi connectivity index (χ3v) is 3.10. The van der Waals surface area contributed by atoms with Gasteiger partial charge in [0.2, 0.25) is 0 Å². The first kappa shape index (κ1) is 10.8. The Morgan fingerprint density at radius 2 is 1.85 bits per heavy atom. The van der Waals surface area contributed by atoms with Crippen LogP contribution in [0.15, 0.2) is 35.7 Å². The van der Waals surface area contributed by atoms with Gasteiger partial charge in [0.1, 0.15) is 0 Å². The summed E-state index contributed by atoms with van der Waals surface area (Å²) in [4.78, 5) is 0.636. The molecule has 0 amide bonds. The Morgan fingerprint density at radius 1 is 1.31 bits per heavy atom. The average molecular weight is 235 g/mol. The summed E-state index contributed by atoms with van der Waals surface area (Å²) >= 11 is 11.5. The lowest BCUT2D eigenvalue weighted by molar-refractivity contribution is 0.685. The molecule has 13 heavy (non-hydrogen) atoms. The fourth-order valence-electron chi connectivity index (χ4n) is 0.863. The van der Waals surface area contributed by atoms with Crippen LogP contribution in [-0.2, 0) is 10.8 Å². The van der Waals surface area contributed by atoms with Gasteiger partial charge in [-0.2, -0.15) is 0 Å². The maximum Gasteiger partial charge on any atom is 0.0568 e. The predicted octanol–water partition coefficient (Wildman–Crippen LogP) is 3.29. The summed E-state index contributed by atoms with van der Waals surface area (Å²) in [5.74, 6) is 0.413.